The summed E-state index contributed by atoms with van der Waals surface area (Å²) in [6.07, 6.45) is -2.61. The smallest absolute Gasteiger partial charge is 0.408 e. The minimum absolute atomic E-state index is 0.182. The quantitative estimate of drug-likeness (QED) is 0.614. The Morgan fingerprint density at radius 3 is 2.50 bits per heavy atom. The molecule has 2 rings (SSSR count). The molecule has 1 aliphatic heterocycles. The average molecular weight is 498 g/mol. The van der Waals surface area contributed by atoms with Crippen LogP contribution in [0.2, 0.25) is 0 Å². The van der Waals surface area contributed by atoms with Crippen molar-refractivity contribution < 1.29 is 31.9 Å². The summed E-state index contributed by atoms with van der Waals surface area (Å²) in [4.78, 5) is 27.0. The Labute approximate surface area is 200 Å². The third kappa shape index (κ3) is 6.38. The van der Waals surface area contributed by atoms with Crippen LogP contribution < -0.4 is 10.1 Å². The van der Waals surface area contributed by atoms with Crippen LogP contribution in [0.15, 0.2) is 24.3 Å². The lowest BCUT2D eigenvalue weighted by Gasteiger charge is -2.36. The Morgan fingerprint density at radius 1 is 1.29 bits per heavy atom. The van der Waals surface area contributed by atoms with Crippen molar-refractivity contribution in [3.8, 4) is 11.8 Å². The van der Waals surface area contributed by atoms with Crippen molar-refractivity contribution in [3.63, 3.8) is 0 Å². The van der Waals surface area contributed by atoms with Gasteiger partial charge in [-0.05, 0) is 52.3 Å². The predicted molar refractivity (Wildman–Crippen MR) is 123 cm³/mol. The summed E-state index contributed by atoms with van der Waals surface area (Å²) in [5.41, 5.74) is -0.482. The second-order valence-corrected chi connectivity index (χ2v) is 12.3. The summed E-state index contributed by atoms with van der Waals surface area (Å²) in [5, 5.41) is 11.8. The number of likely N-dealkylation sites (tertiary alicyclic amines) is 1. The third-order valence-electron chi connectivity index (χ3n) is 5.58. The van der Waals surface area contributed by atoms with Crippen molar-refractivity contribution in [3.05, 3.63) is 29.8 Å². The SMILES string of the molecule is COc1cccc(CS(=O)(=O)C(C)(C)[C@H](NC(=O)OC(C)(C)C)C(=O)N2C[C@@H](F)C[C@H]2C#N)c1. The standard InChI is InChI=1S/C23H32FN3O6S/c1-22(2,3)33-21(29)26-19(20(28)27-13-16(24)11-17(27)12-25)23(4,5)34(30,31)14-15-8-7-9-18(10-15)32-6/h7-10,16-17,19H,11,13-14H2,1-6H3,(H,26,29)/t16-,17-,19+/m0/s1. The molecule has 0 unspecified atom stereocenters. The minimum atomic E-state index is -4.09. The summed E-state index contributed by atoms with van der Waals surface area (Å²) in [6.45, 7) is 7.12. The van der Waals surface area contributed by atoms with Crippen LogP contribution in [-0.2, 0) is 25.1 Å². The van der Waals surface area contributed by atoms with Gasteiger partial charge in [0.1, 0.15) is 29.6 Å². The Hall–Kier alpha value is -2.87. The zero-order valence-corrected chi connectivity index (χ0v) is 21.1. The highest BCUT2D eigenvalue weighted by Gasteiger charge is 2.50. The molecule has 188 valence electrons. The Morgan fingerprint density at radius 2 is 1.94 bits per heavy atom. The van der Waals surface area contributed by atoms with Gasteiger partial charge in [0.15, 0.2) is 9.84 Å². The lowest BCUT2D eigenvalue weighted by atomic mass is 10.0. The molecule has 1 aliphatic rings. The fourth-order valence-corrected chi connectivity index (χ4v) is 5.13. The van der Waals surface area contributed by atoms with E-state index in [1.54, 1.807) is 45.0 Å². The van der Waals surface area contributed by atoms with Crippen LogP contribution in [0.3, 0.4) is 0 Å². The number of nitrogens with zero attached hydrogens (tertiary/aromatic N) is 2. The highest BCUT2D eigenvalue weighted by atomic mass is 32.2. The fourth-order valence-electron chi connectivity index (χ4n) is 3.62. The fraction of sp³-hybridized carbons (Fsp3) is 0.609. The number of benzene rings is 1. The van der Waals surface area contributed by atoms with E-state index in [2.05, 4.69) is 5.32 Å². The number of methoxy groups -OCH3 is 1. The summed E-state index contributed by atoms with van der Waals surface area (Å²) in [5.74, 6) is -0.839. The van der Waals surface area contributed by atoms with E-state index in [0.717, 1.165) is 4.90 Å². The molecule has 0 spiro atoms. The summed E-state index contributed by atoms with van der Waals surface area (Å²) in [6, 6.07) is 5.65. The van der Waals surface area contributed by atoms with E-state index in [4.69, 9.17) is 9.47 Å². The number of carbonyl (C=O) groups excluding carboxylic acids is 2. The van der Waals surface area contributed by atoms with E-state index in [0.29, 0.717) is 11.3 Å². The molecular weight excluding hydrogens is 465 g/mol. The number of rotatable bonds is 7. The van der Waals surface area contributed by atoms with E-state index in [9.17, 15) is 27.7 Å². The maximum absolute atomic E-state index is 14.0. The number of sulfone groups is 1. The molecule has 0 radical (unpaired) electrons. The largest absolute Gasteiger partial charge is 0.497 e. The number of hydrogen-bond donors (Lipinski definition) is 1. The van der Waals surface area contributed by atoms with Crippen molar-refractivity contribution in [2.24, 2.45) is 0 Å². The lowest BCUT2D eigenvalue weighted by Crippen LogP contribution is -2.62. The maximum Gasteiger partial charge on any atom is 0.408 e. The molecule has 34 heavy (non-hydrogen) atoms. The molecule has 1 N–H and O–H groups in total. The van der Waals surface area contributed by atoms with Crippen LogP contribution >= 0.6 is 0 Å². The van der Waals surface area contributed by atoms with Crippen LogP contribution in [0.4, 0.5) is 9.18 Å². The van der Waals surface area contributed by atoms with E-state index < -0.39 is 56.2 Å². The average Bonchev–Trinajstić information content (AvgIpc) is 3.10. The first-order valence-corrected chi connectivity index (χ1v) is 12.5. The number of alkyl halides is 1. The molecule has 0 aromatic heterocycles. The second-order valence-electron chi connectivity index (χ2n) is 9.76. The van der Waals surface area contributed by atoms with E-state index >= 15 is 0 Å². The molecular formula is C23H32FN3O6S. The molecule has 1 heterocycles. The highest BCUT2D eigenvalue weighted by Crippen LogP contribution is 2.30. The zero-order chi connectivity index (χ0) is 25.9. The molecule has 0 bridgehead atoms. The van der Waals surface area contributed by atoms with Gasteiger partial charge in [-0.3, -0.25) is 4.79 Å². The Bertz CT molecular complexity index is 1060. The molecule has 2 amide bonds. The molecule has 3 atom stereocenters. The van der Waals surface area contributed by atoms with Crippen molar-refractivity contribution in [2.45, 2.75) is 75.4 Å². The van der Waals surface area contributed by atoms with Crippen LogP contribution in [0, 0.1) is 11.3 Å². The van der Waals surface area contributed by atoms with E-state index in [1.807, 2.05) is 6.07 Å². The van der Waals surface area contributed by atoms with Gasteiger partial charge in [0, 0.05) is 6.42 Å². The zero-order valence-electron chi connectivity index (χ0n) is 20.3. The van der Waals surface area contributed by atoms with Gasteiger partial charge in [0.05, 0.1) is 30.2 Å². The lowest BCUT2D eigenvalue weighted by molar-refractivity contribution is -0.134. The first kappa shape index (κ1) is 27.4. The van der Waals surface area contributed by atoms with E-state index in [1.165, 1.54) is 21.0 Å². The van der Waals surface area contributed by atoms with Crippen LogP contribution in [-0.4, -0.2) is 67.6 Å². The number of hydrogen-bond acceptors (Lipinski definition) is 7. The molecule has 0 saturated carbocycles. The van der Waals surface area contributed by atoms with Crippen molar-refractivity contribution in [1.82, 2.24) is 10.2 Å². The second kappa shape index (κ2) is 10.2. The summed E-state index contributed by atoms with van der Waals surface area (Å²) < 4.78 is 49.6. The van der Waals surface area contributed by atoms with Gasteiger partial charge in [-0.2, -0.15) is 5.26 Å². The van der Waals surface area contributed by atoms with Crippen LogP contribution in [0.1, 0.15) is 46.6 Å². The van der Waals surface area contributed by atoms with Crippen molar-refractivity contribution in [2.75, 3.05) is 13.7 Å². The number of nitrogens with one attached hydrogen (secondary N) is 1. The maximum atomic E-state index is 14.0. The molecule has 9 nitrogen and oxygen atoms in total. The molecule has 1 aromatic rings. The first-order valence-electron chi connectivity index (χ1n) is 10.8. The van der Waals surface area contributed by atoms with Crippen molar-refractivity contribution >= 4 is 21.8 Å². The molecule has 0 aliphatic carbocycles. The van der Waals surface area contributed by atoms with Crippen LogP contribution in [0.5, 0.6) is 5.75 Å². The molecule has 11 heteroatoms. The van der Waals surface area contributed by atoms with Gasteiger partial charge in [-0.15, -0.1) is 0 Å². The number of amides is 2. The van der Waals surface area contributed by atoms with Gasteiger partial charge in [-0.1, -0.05) is 12.1 Å². The van der Waals surface area contributed by atoms with Crippen LogP contribution in [0.25, 0.3) is 0 Å². The van der Waals surface area contributed by atoms with Gasteiger partial charge >= 0.3 is 6.09 Å². The van der Waals surface area contributed by atoms with Gasteiger partial charge in [0.25, 0.3) is 0 Å². The topological polar surface area (TPSA) is 126 Å². The van der Waals surface area contributed by atoms with Gasteiger partial charge in [0.2, 0.25) is 5.91 Å². The van der Waals surface area contributed by atoms with Gasteiger partial charge < -0.3 is 19.7 Å². The molecule has 1 aromatic carbocycles. The number of halogens is 1. The minimum Gasteiger partial charge on any atom is -0.497 e. The first-order chi connectivity index (χ1) is 15.6. The number of ether oxygens (including phenoxy) is 2. The normalized spacial score (nSPS) is 19.8. The van der Waals surface area contributed by atoms with Gasteiger partial charge in [-0.25, -0.2) is 17.6 Å². The van der Waals surface area contributed by atoms with Crippen molar-refractivity contribution in [1.29, 1.82) is 5.26 Å². The number of nitriles is 1. The predicted octanol–water partition coefficient (Wildman–Crippen LogP) is 2.74. The molecule has 1 saturated heterocycles. The summed E-state index contributed by atoms with van der Waals surface area (Å²) >= 11 is 0. The summed E-state index contributed by atoms with van der Waals surface area (Å²) in [7, 11) is -2.63. The number of carbonyl (C=O) groups is 2. The van der Waals surface area contributed by atoms with E-state index in [-0.39, 0.29) is 13.0 Å². The Balaban J connectivity index is 2.44. The molecule has 1 fully saturated rings. The number of alkyl carbamates (subject to hydrolysis) is 1. The highest BCUT2D eigenvalue weighted by molar-refractivity contribution is 7.92. The third-order valence-corrected chi connectivity index (χ3v) is 8.13. The Kier molecular flexibility index (Phi) is 8.19. The monoisotopic (exact) mass is 497 g/mol.